The molecule has 1 amide bonds. The van der Waals surface area contributed by atoms with E-state index in [4.69, 9.17) is 0 Å². The zero-order valence-electron chi connectivity index (χ0n) is 13.2. The first-order valence-corrected chi connectivity index (χ1v) is 8.49. The smallest absolute Gasteiger partial charge is 0.230 e. The molecule has 5 nitrogen and oxygen atoms in total. The van der Waals surface area contributed by atoms with Crippen molar-refractivity contribution in [1.29, 1.82) is 0 Å². The van der Waals surface area contributed by atoms with Gasteiger partial charge in [0, 0.05) is 11.4 Å². The maximum atomic E-state index is 12.2. The third-order valence-corrected chi connectivity index (χ3v) is 4.63. The molecule has 0 fully saturated rings. The van der Waals surface area contributed by atoms with Crippen LogP contribution in [0.2, 0.25) is 0 Å². The predicted molar refractivity (Wildman–Crippen MR) is 88.8 cm³/mol. The van der Waals surface area contributed by atoms with Gasteiger partial charge in [-0.2, -0.15) is 5.10 Å². The summed E-state index contributed by atoms with van der Waals surface area (Å²) in [6.45, 7) is 6.85. The maximum absolute atomic E-state index is 12.2. The monoisotopic (exact) mass is 318 g/mol. The van der Waals surface area contributed by atoms with Gasteiger partial charge in [-0.15, -0.1) is 11.8 Å². The number of nitrogens with one attached hydrogen (secondary N) is 1. The lowest BCUT2D eigenvalue weighted by Crippen LogP contribution is -2.31. The second-order valence-electron chi connectivity index (χ2n) is 5.02. The minimum atomic E-state index is -0.0904. The van der Waals surface area contributed by atoms with Crippen LogP contribution in [-0.4, -0.2) is 26.4 Å². The fraction of sp³-hybridized carbons (Fsp3) is 0.438. The van der Waals surface area contributed by atoms with Gasteiger partial charge in [0.2, 0.25) is 5.91 Å². The van der Waals surface area contributed by atoms with E-state index in [1.165, 1.54) is 11.9 Å². The van der Waals surface area contributed by atoms with Crippen molar-refractivity contribution in [3.63, 3.8) is 0 Å². The van der Waals surface area contributed by atoms with E-state index in [1.807, 2.05) is 36.7 Å². The molecule has 1 aromatic heterocycles. The molecular weight excluding hydrogens is 296 g/mol. The first-order valence-electron chi connectivity index (χ1n) is 7.51. The van der Waals surface area contributed by atoms with E-state index < -0.39 is 0 Å². The second-order valence-corrected chi connectivity index (χ2v) is 6.03. The third-order valence-electron chi connectivity index (χ3n) is 3.45. The lowest BCUT2D eigenvalue weighted by molar-refractivity contribution is -0.119. The van der Waals surface area contributed by atoms with E-state index in [0.29, 0.717) is 5.75 Å². The number of amides is 1. The molecule has 1 atom stereocenters. The number of thioether (sulfide) groups is 1. The third kappa shape index (κ3) is 4.10. The maximum Gasteiger partial charge on any atom is 0.230 e. The molecule has 0 aliphatic carbocycles. The van der Waals surface area contributed by atoms with Gasteiger partial charge in [-0.1, -0.05) is 25.1 Å². The minimum Gasteiger partial charge on any atom is -0.345 e. The second kappa shape index (κ2) is 7.98. The molecule has 0 radical (unpaired) electrons. The van der Waals surface area contributed by atoms with Crippen LogP contribution in [0.5, 0.6) is 0 Å². The summed E-state index contributed by atoms with van der Waals surface area (Å²) in [5.41, 5.74) is 1.19. The Balaban J connectivity index is 1.94. The largest absolute Gasteiger partial charge is 0.345 e. The van der Waals surface area contributed by atoms with Crippen molar-refractivity contribution in [3.05, 3.63) is 42.0 Å². The molecular formula is C16H22N4OS. The van der Waals surface area contributed by atoms with Crippen molar-refractivity contribution < 1.29 is 4.79 Å². The number of carbonyl (C=O) groups is 1. The molecule has 22 heavy (non-hydrogen) atoms. The summed E-state index contributed by atoms with van der Waals surface area (Å²) in [5.74, 6) is 1.24. The molecule has 0 bridgehead atoms. The van der Waals surface area contributed by atoms with Gasteiger partial charge in [0.25, 0.3) is 0 Å². The highest BCUT2D eigenvalue weighted by atomic mass is 32.2. The molecule has 6 heteroatoms. The van der Waals surface area contributed by atoms with Crippen LogP contribution >= 0.6 is 11.8 Å². The van der Waals surface area contributed by atoms with Crippen molar-refractivity contribution in [2.45, 2.75) is 44.7 Å². The Morgan fingerprint density at radius 3 is 2.82 bits per heavy atom. The summed E-state index contributed by atoms with van der Waals surface area (Å²) in [6.07, 6.45) is 2.33. The minimum absolute atomic E-state index is 0.0192. The number of aryl methyl sites for hydroxylation is 2. The van der Waals surface area contributed by atoms with E-state index in [9.17, 15) is 4.79 Å². The molecule has 0 unspecified atom stereocenters. The van der Waals surface area contributed by atoms with Crippen molar-refractivity contribution in [3.8, 4) is 0 Å². The molecule has 1 aromatic carbocycles. The van der Waals surface area contributed by atoms with Crippen LogP contribution in [0.25, 0.3) is 0 Å². The number of carbonyl (C=O) groups excluding carboxylic acids is 1. The van der Waals surface area contributed by atoms with Gasteiger partial charge in [0.1, 0.15) is 12.2 Å². The zero-order valence-corrected chi connectivity index (χ0v) is 14.1. The van der Waals surface area contributed by atoms with Crippen LogP contribution in [-0.2, 0) is 11.3 Å². The van der Waals surface area contributed by atoms with Crippen LogP contribution < -0.4 is 5.32 Å². The Bertz CT molecular complexity index is 626. The van der Waals surface area contributed by atoms with E-state index in [2.05, 4.69) is 28.4 Å². The van der Waals surface area contributed by atoms with Crippen LogP contribution in [0.15, 0.2) is 35.5 Å². The molecule has 0 spiro atoms. The lowest BCUT2D eigenvalue weighted by atomic mass is 10.2. The topological polar surface area (TPSA) is 59.8 Å². The summed E-state index contributed by atoms with van der Waals surface area (Å²) in [6, 6.07) is 8.00. The van der Waals surface area contributed by atoms with Gasteiger partial charge in [-0.3, -0.25) is 4.79 Å². The number of rotatable bonds is 7. The predicted octanol–water partition coefficient (Wildman–Crippen LogP) is 2.97. The van der Waals surface area contributed by atoms with Crippen molar-refractivity contribution in [2.75, 3.05) is 5.75 Å². The summed E-state index contributed by atoms with van der Waals surface area (Å²) in [4.78, 5) is 17.6. The van der Waals surface area contributed by atoms with E-state index in [0.717, 1.165) is 23.7 Å². The first kappa shape index (κ1) is 16.5. The molecule has 2 rings (SSSR count). The molecule has 1 N–H and O–H groups in total. The Hall–Kier alpha value is -1.82. The summed E-state index contributed by atoms with van der Waals surface area (Å²) >= 11 is 1.56. The van der Waals surface area contributed by atoms with E-state index in [-0.39, 0.29) is 11.9 Å². The Morgan fingerprint density at radius 2 is 2.14 bits per heavy atom. The van der Waals surface area contributed by atoms with E-state index >= 15 is 0 Å². The van der Waals surface area contributed by atoms with Crippen LogP contribution in [0, 0.1) is 6.92 Å². The average molecular weight is 318 g/mol. The molecule has 0 saturated heterocycles. The van der Waals surface area contributed by atoms with Crippen molar-refractivity contribution in [1.82, 2.24) is 20.1 Å². The number of aromatic nitrogens is 3. The lowest BCUT2D eigenvalue weighted by Gasteiger charge is -2.17. The van der Waals surface area contributed by atoms with Gasteiger partial charge < -0.3 is 5.32 Å². The van der Waals surface area contributed by atoms with Gasteiger partial charge in [-0.25, -0.2) is 9.67 Å². The van der Waals surface area contributed by atoms with E-state index in [1.54, 1.807) is 11.8 Å². The molecule has 0 aliphatic heterocycles. The first-order chi connectivity index (χ1) is 10.7. The standard InChI is InChI=1S/C16H22N4OS/c1-4-13(16-17-11-18-20(16)5-2)19-15(21)10-22-14-9-7-6-8-12(14)3/h6-9,11,13H,4-5,10H2,1-3H3,(H,19,21)/t13-/m1/s1. The summed E-state index contributed by atoms with van der Waals surface area (Å²) in [7, 11) is 0. The fourth-order valence-corrected chi connectivity index (χ4v) is 3.07. The number of benzene rings is 1. The Morgan fingerprint density at radius 1 is 1.36 bits per heavy atom. The Labute approximate surface area is 135 Å². The SMILES string of the molecule is CC[C@@H](NC(=O)CSc1ccccc1C)c1ncnn1CC. The summed E-state index contributed by atoms with van der Waals surface area (Å²) < 4.78 is 1.82. The highest BCUT2D eigenvalue weighted by molar-refractivity contribution is 8.00. The van der Waals surface area contributed by atoms with Crippen LogP contribution in [0.1, 0.15) is 37.7 Å². The highest BCUT2D eigenvalue weighted by Gasteiger charge is 2.18. The molecule has 118 valence electrons. The Kier molecular flexibility index (Phi) is 6.00. The zero-order chi connectivity index (χ0) is 15.9. The number of hydrogen-bond acceptors (Lipinski definition) is 4. The van der Waals surface area contributed by atoms with Gasteiger partial charge in [0.05, 0.1) is 11.8 Å². The molecule has 0 aliphatic rings. The molecule has 2 aromatic rings. The van der Waals surface area contributed by atoms with Crippen LogP contribution in [0.3, 0.4) is 0 Å². The number of hydrogen-bond donors (Lipinski definition) is 1. The highest BCUT2D eigenvalue weighted by Crippen LogP contribution is 2.22. The number of nitrogens with zero attached hydrogens (tertiary/aromatic N) is 3. The fourth-order valence-electron chi connectivity index (χ4n) is 2.23. The summed E-state index contributed by atoms with van der Waals surface area (Å²) in [5, 5.41) is 7.22. The van der Waals surface area contributed by atoms with Crippen molar-refractivity contribution >= 4 is 17.7 Å². The molecule has 0 saturated carbocycles. The van der Waals surface area contributed by atoms with Crippen molar-refractivity contribution in [2.24, 2.45) is 0 Å². The van der Waals surface area contributed by atoms with Gasteiger partial charge in [-0.05, 0) is 31.9 Å². The van der Waals surface area contributed by atoms with Crippen LogP contribution in [0.4, 0.5) is 0 Å². The average Bonchev–Trinajstić information content (AvgIpc) is 3.00. The molecule has 1 heterocycles. The quantitative estimate of drug-likeness (QED) is 0.797. The normalized spacial score (nSPS) is 12.1. The van der Waals surface area contributed by atoms with Gasteiger partial charge >= 0.3 is 0 Å². The van der Waals surface area contributed by atoms with Gasteiger partial charge in [0.15, 0.2) is 0 Å².